The molecule has 0 N–H and O–H groups in total. The molecule has 10 heteroatoms. The molecule has 0 radical (unpaired) electrons. The molecule has 0 amide bonds. The molecule has 0 aliphatic carbocycles. The number of carbonyl (C=O) groups excluding carboxylic acids is 1. The highest BCUT2D eigenvalue weighted by Crippen LogP contribution is 2.62. The summed E-state index contributed by atoms with van der Waals surface area (Å²) in [6.45, 7) is 6.39. The third kappa shape index (κ3) is 7.14. The van der Waals surface area contributed by atoms with Gasteiger partial charge in [-0.3, -0.25) is 4.57 Å². The van der Waals surface area contributed by atoms with Gasteiger partial charge in [-0.05, 0) is 17.7 Å². The second-order valence-electron chi connectivity index (χ2n) is 6.65. The SMILES string of the molecule is C=CCOP(=O)(OCC=C)[C@H](OC(=O)[C@@H](OC)c1ccccc1)c1cccc(C(F)(F)F)c1. The molecule has 0 aliphatic rings. The minimum Gasteiger partial charge on any atom is -0.442 e. The zero-order valence-electron chi connectivity index (χ0n) is 17.9. The van der Waals surface area contributed by atoms with Gasteiger partial charge in [-0.1, -0.05) is 54.6 Å². The number of methoxy groups -OCH3 is 1. The highest BCUT2D eigenvalue weighted by molar-refractivity contribution is 7.54. The van der Waals surface area contributed by atoms with Gasteiger partial charge in [0.15, 0.2) is 6.10 Å². The molecule has 0 unspecified atom stereocenters. The minimum atomic E-state index is -4.68. The molecule has 2 atom stereocenters. The summed E-state index contributed by atoms with van der Waals surface area (Å²) < 4.78 is 74.9. The van der Waals surface area contributed by atoms with Crippen molar-refractivity contribution in [3.05, 3.63) is 96.6 Å². The van der Waals surface area contributed by atoms with Gasteiger partial charge in [0, 0.05) is 12.7 Å². The molecule has 2 rings (SSSR count). The first-order valence-corrected chi connectivity index (χ1v) is 11.3. The van der Waals surface area contributed by atoms with Crippen LogP contribution in [-0.4, -0.2) is 26.3 Å². The molecule has 2 aromatic carbocycles. The van der Waals surface area contributed by atoms with Crippen LogP contribution in [0.15, 0.2) is 79.9 Å². The summed E-state index contributed by atoms with van der Waals surface area (Å²) in [4.78, 5) is 13.0. The van der Waals surface area contributed by atoms with Gasteiger partial charge in [-0.25, -0.2) is 4.79 Å². The van der Waals surface area contributed by atoms with Crippen molar-refractivity contribution < 1.29 is 41.1 Å². The lowest BCUT2D eigenvalue weighted by Gasteiger charge is -2.28. The molecule has 0 aliphatic heterocycles. The second-order valence-corrected chi connectivity index (χ2v) is 8.71. The fourth-order valence-electron chi connectivity index (χ4n) is 2.84. The number of rotatable bonds is 12. The largest absolute Gasteiger partial charge is 0.442 e. The summed E-state index contributed by atoms with van der Waals surface area (Å²) in [6, 6.07) is 12.2. The topological polar surface area (TPSA) is 71.1 Å². The van der Waals surface area contributed by atoms with Crippen LogP contribution < -0.4 is 0 Å². The first kappa shape index (κ1) is 26.5. The third-order valence-corrected chi connectivity index (χ3v) is 6.31. The van der Waals surface area contributed by atoms with Gasteiger partial charge < -0.3 is 18.5 Å². The highest BCUT2D eigenvalue weighted by Gasteiger charge is 2.43. The van der Waals surface area contributed by atoms with Crippen molar-refractivity contribution in [2.24, 2.45) is 0 Å². The van der Waals surface area contributed by atoms with Crippen LogP contribution in [-0.2, 0) is 34.1 Å². The number of halogens is 3. The Balaban J connectivity index is 2.54. The van der Waals surface area contributed by atoms with Crippen molar-refractivity contribution in [1.29, 1.82) is 0 Å². The number of benzene rings is 2. The van der Waals surface area contributed by atoms with Crippen molar-refractivity contribution in [3.8, 4) is 0 Å². The van der Waals surface area contributed by atoms with Crippen LogP contribution in [0, 0.1) is 0 Å². The Morgan fingerprint density at radius 1 is 1.00 bits per heavy atom. The number of hydrogen-bond acceptors (Lipinski definition) is 6. The van der Waals surface area contributed by atoms with Crippen LogP contribution in [0.2, 0.25) is 0 Å². The number of hydrogen-bond donors (Lipinski definition) is 0. The monoisotopic (exact) mass is 484 g/mol. The quantitative estimate of drug-likeness (QED) is 0.202. The molecule has 0 bridgehead atoms. The van der Waals surface area contributed by atoms with Gasteiger partial charge in [0.05, 0.1) is 18.8 Å². The van der Waals surface area contributed by atoms with Gasteiger partial charge in [-0.15, -0.1) is 13.2 Å². The standard InChI is InChI=1S/C23H24F3O6P/c1-4-14-30-33(28,31-15-5-2)22(18-12-9-13-19(16-18)23(24,25)26)32-21(27)20(29-3)17-10-7-6-8-11-17/h4-13,16,20,22H,1-2,14-15H2,3H3/t20-,22-/m0/s1. The van der Waals surface area contributed by atoms with E-state index < -0.39 is 37.3 Å². The number of carbonyl (C=O) groups is 1. The number of esters is 1. The van der Waals surface area contributed by atoms with E-state index in [1.165, 1.54) is 25.3 Å². The molecule has 6 nitrogen and oxygen atoms in total. The summed E-state index contributed by atoms with van der Waals surface area (Å²) in [5.74, 6) is -2.80. The normalized spacial score (nSPS) is 13.7. The summed E-state index contributed by atoms with van der Waals surface area (Å²) in [7, 11) is -3.10. The van der Waals surface area contributed by atoms with Crippen molar-refractivity contribution in [2.45, 2.75) is 18.1 Å². The lowest BCUT2D eigenvalue weighted by molar-refractivity contribution is -0.159. The van der Waals surface area contributed by atoms with Crippen molar-refractivity contribution >= 4 is 13.6 Å². The minimum absolute atomic E-state index is 0.224. The lowest BCUT2D eigenvalue weighted by atomic mass is 10.1. The number of ether oxygens (including phenoxy) is 2. The Labute approximate surface area is 190 Å². The van der Waals surface area contributed by atoms with E-state index in [0.717, 1.165) is 18.2 Å². The van der Waals surface area contributed by atoms with Crippen LogP contribution >= 0.6 is 7.60 Å². The smallest absolute Gasteiger partial charge is 0.416 e. The van der Waals surface area contributed by atoms with E-state index in [-0.39, 0.29) is 18.8 Å². The maximum Gasteiger partial charge on any atom is 0.416 e. The van der Waals surface area contributed by atoms with Gasteiger partial charge in [0.1, 0.15) is 0 Å². The lowest BCUT2D eigenvalue weighted by Crippen LogP contribution is -2.22. The summed E-state index contributed by atoms with van der Waals surface area (Å²) in [5.41, 5.74) is -0.814. The molecule has 0 saturated heterocycles. The van der Waals surface area contributed by atoms with E-state index >= 15 is 0 Å². The molecule has 2 aromatic rings. The molecule has 0 aromatic heterocycles. The predicted octanol–water partition coefficient (Wildman–Crippen LogP) is 6.23. The van der Waals surface area contributed by atoms with Gasteiger partial charge in [-0.2, -0.15) is 13.2 Å². The first-order valence-electron chi connectivity index (χ1n) is 9.72. The van der Waals surface area contributed by atoms with E-state index in [0.29, 0.717) is 5.56 Å². The Bertz CT molecular complexity index is 977. The zero-order valence-corrected chi connectivity index (χ0v) is 18.8. The second kappa shape index (κ2) is 12.0. The van der Waals surface area contributed by atoms with Crippen LogP contribution in [0.3, 0.4) is 0 Å². The Hall–Kier alpha value is -2.71. The van der Waals surface area contributed by atoms with Crippen LogP contribution in [0.5, 0.6) is 0 Å². The summed E-state index contributed by atoms with van der Waals surface area (Å²) in [5, 5.41) is 0. The predicted molar refractivity (Wildman–Crippen MR) is 116 cm³/mol. The van der Waals surface area contributed by atoms with Crippen molar-refractivity contribution in [2.75, 3.05) is 20.3 Å². The van der Waals surface area contributed by atoms with Crippen LogP contribution in [0.4, 0.5) is 13.2 Å². The van der Waals surface area contributed by atoms with Crippen LogP contribution in [0.25, 0.3) is 0 Å². The van der Waals surface area contributed by atoms with E-state index in [9.17, 15) is 22.5 Å². The van der Waals surface area contributed by atoms with E-state index in [4.69, 9.17) is 18.5 Å². The Morgan fingerprint density at radius 2 is 1.58 bits per heavy atom. The van der Waals surface area contributed by atoms with Crippen molar-refractivity contribution in [3.63, 3.8) is 0 Å². The number of alkyl halides is 3. The fraction of sp³-hybridized carbons (Fsp3) is 0.261. The van der Waals surface area contributed by atoms with E-state index in [1.807, 2.05) is 0 Å². The van der Waals surface area contributed by atoms with Crippen molar-refractivity contribution in [1.82, 2.24) is 0 Å². The molecule has 0 spiro atoms. The maximum atomic E-state index is 13.6. The Morgan fingerprint density at radius 3 is 2.09 bits per heavy atom. The molecule has 0 saturated carbocycles. The maximum absolute atomic E-state index is 13.6. The van der Waals surface area contributed by atoms with E-state index in [2.05, 4.69) is 13.2 Å². The average molecular weight is 484 g/mol. The zero-order chi connectivity index (χ0) is 24.5. The third-order valence-electron chi connectivity index (χ3n) is 4.31. The van der Waals surface area contributed by atoms with Gasteiger partial charge in [0.2, 0.25) is 5.85 Å². The first-order chi connectivity index (χ1) is 15.7. The van der Waals surface area contributed by atoms with Crippen LogP contribution in [0.1, 0.15) is 28.6 Å². The molecule has 0 heterocycles. The molecular formula is C23H24F3O6P. The van der Waals surface area contributed by atoms with Gasteiger partial charge in [0.25, 0.3) is 0 Å². The fourth-order valence-corrected chi connectivity index (χ4v) is 4.57. The molecule has 0 fully saturated rings. The molecule has 178 valence electrons. The highest BCUT2D eigenvalue weighted by atomic mass is 31.2. The Kier molecular flexibility index (Phi) is 9.61. The summed E-state index contributed by atoms with van der Waals surface area (Å²) >= 11 is 0. The molecule has 33 heavy (non-hydrogen) atoms. The average Bonchev–Trinajstić information content (AvgIpc) is 2.80. The van der Waals surface area contributed by atoms with Gasteiger partial charge >= 0.3 is 19.7 Å². The summed E-state index contributed by atoms with van der Waals surface area (Å²) in [6.07, 6.45) is -3.36. The van der Waals surface area contributed by atoms with E-state index in [1.54, 1.807) is 30.3 Å². The molecular weight excluding hydrogens is 460 g/mol.